The molecule has 36 heavy (non-hydrogen) atoms. The number of benzene rings is 2. The lowest BCUT2D eigenvalue weighted by atomic mass is 9.91. The molecule has 0 spiro atoms. The van der Waals surface area contributed by atoms with E-state index in [9.17, 15) is 9.59 Å². The van der Waals surface area contributed by atoms with Crippen molar-refractivity contribution in [1.82, 2.24) is 10.2 Å². The number of para-hydroxylation sites is 1. The molecule has 2 N–H and O–H groups in total. The molecular weight excluding hydrogens is 468 g/mol. The maximum atomic E-state index is 13.7. The molecule has 0 saturated carbocycles. The Bertz CT molecular complexity index is 1210. The van der Waals surface area contributed by atoms with Crippen LogP contribution in [0.2, 0.25) is 0 Å². The molecule has 4 rings (SSSR count). The van der Waals surface area contributed by atoms with Gasteiger partial charge in [0.25, 0.3) is 5.91 Å². The maximum Gasteiger partial charge on any atom is 0.255 e. The van der Waals surface area contributed by atoms with Crippen LogP contribution in [0.5, 0.6) is 0 Å². The van der Waals surface area contributed by atoms with Crippen LogP contribution in [0.1, 0.15) is 64.1 Å². The molecule has 2 aromatic carbocycles. The van der Waals surface area contributed by atoms with Gasteiger partial charge in [0.1, 0.15) is 0 Å². The summed E-state index contributed by atoms with van der Waals surface area (Å²) in [4.78, 5) is 33.2. The standard InChI is InChI=1S/C29H34N4O2S/c1-18(2)16-30-25(34)15-24-17-36-29-31-20(5)26(28(35)32-23-9-7-6-8-10-23)27(33(24)29)22-13-11-21(12-14-22)19(3)4/h6-14,17-19,27H,15-16H2,1-5H3,(H,30,34)(H,32,35)/t27-/m0/s1. The third-order valence-corrected chi connectivity index (χ3v) is 7.13. The quantitative estimate of drug-likeness (QED) is 0.452. The highest BCUT2D eigenvalue weighted by atomic mass is 32.2. The average Bonchev–Trinajstić information content (AvgIpc) is 3.24. The molecule has 0 aromatic heterocycles. The highest BCUT2D eigenvalue weighted by Gasteiger charge is 2.40. The summed E-state index contributed by atoms with van der Waals surface area (Å²) in [5, 5.41) is 8.82. The highest BCUT2D eigenvalue weighted by Crippen LogP contribution is 2.45. The molecule has 2 aliphatic rings. The molecule has 0 saturated heterocycles. The van der Waals surface area contributed by atoms with Crippen LogP contribution in [-0.4, -0.2) is 28.4 Å². The molecule has 2 aromatic rings. The highest BCUT2D eigenvalue weighted by molar-refractivity contribution is 8.16. The lowest BCUT2D eigenvalue weighted by Crippen LogP contribution is -2.39. The molecule has 1 atom stereocenters. The molecule has 0 bridgehead atoms. The Kier molecular flexibility index (Phi) is 7.99. The molecule has 2 heterocycles. The van der Waals surface area contributed by atoms with E-state index in [4.69, 9.17) is 4.99 Å². The zero-order chi connectivity index (χ0) is 25.8. The molecule has 0 unspecified atom stereocenters. The molecule has 0 radical (unpaired) electrons. The monoisotopic (exact) mass is 502 g/mol. The topological polar surface area (TPSA) is 73.8 Å². The van der Waals surface area contributed by atoms with Gasteiger partial charge in [-0.1, -0.05) is 81.9 Å². The first-order valence-electron chi connectivity index (χ1n) is 12.4. The van der Waals surface area contributed by atoms with Crippen LogP contribution in [0.3, 0.4) is 0 Å². The van der Waals surface area contributed by atoms with Crippen molar-refractivity contribution in [3.05, 3.63) is 88.1 Å². The predicted molar refractivity (Wildman–Crippen MR) is 148 cm³/mol. The minimum absolute atomic E-state index is 0.0349. The molecule has 0 fully saturated rings. The number of amidine groups is 1. The van der Waals surface area contributed by atoms with E-state index in [1.165, 1.54) is 17.3 Å². The van der Waals surface area contributed by atoms with E-state index in [2.05, 4.69) is 67.5 Å². The number of hydrogen-bond acceptors (Lipinski definition) is 5. The summed E-state index contributed by atoms with van der Waals surface area (Å²) < 4.78 is 0. The average molecular weight is 503 g/mol. The number of carbonyl (C=O) groups excluding carboxylic acids is 2. The summed E-state index contributed by atoms with van der Waals surface area (Å²) in [6, 6.07) is 17.5. The molecule has 7 heteroatoms. The van der Waals surface area contributed by atoms with Gasteiger partial charge in [-0.15, -0.1) is 0 Å². The minimum Gasteiger partial charge on any atom is -0.356 e. The van der Waals surface area contributed by atoms with Crippen molar-refractivity contribution in [2.45, 2.75) is 53.0 Å². The first kappa shape index (κ1) is 25.8. The van der Waals surface area contributed by atoms with Crippen LogP contribution in [0.25, 0.3) is 0 Å². The van der Waals surface area contributed by atoms with Gasteiger partial charge >= 0.3 is 0 Å². The fraction of sp³-hybridized carbons (Fsp3) is 0.345. The third-order valence-electron chi connectivity index (χ3n) is 6.24. The van der Waals surface area contributed by atoms with Crippen molar-refractivity contribution in [3.8, 4) is 0 Å². The maximum absolute atomic E-state index is 13.7. The van der Waals surface area contributed by atoms with E-state index in [1.54, 1.807) is 0 Å². The van der Waals surface area contributed by atoms with Crippen molar-refractivity contribution in [2.75, 3.05) is 11.9 Å². The van der Waals surface area contributed by atoms with E-state index >= 15 is 0 Å². The Labute approximate surface area is 218 Å². The number of carbonyl (C=O) groups is 2. The van der Waals surface area contributed by atoms with Crippen molar-refractivity contribution in [2.24, 2.45) is 10.9 Å². The number of nitrogens with one attached hydrogen (secondary N) is 2. The number of fused-ring (bicyclic) bond motifs is 1. The second-order valence-electron chi connectivity index (χ2n) is 9.91. The van der Waals surface area contributed by atoms with Gasteiger partial charge in [-0.3, -0.25) is 9.59 Å². The number of allylic oxidation sites excluding steroid dienone is 1. The van der Waals surface area contributed by atoms with E-state index in [-0.39, 0.29) is 24.3 Å². The van der Waals surface area contributed by atoms with Crippen LogP contribution in [0.4, 0.5) is 5.69 Å². The minimum atomic E-state index is -0.387. The van der Waals surface area contributed by atoms with E-state index in [0.717, 1.165) is 22.1 Å². The molecule has 0 aliphatic carbocycles. The first-order valence-corrected chi connectivity index (χ1v) is 13.3. The normalized spacial score (nSPS) is 17.2. The molecule has 2 aliphatic heterocycles. The number of thioether (sulfide) groups is 1. The number of aliphatic imine (C=N–C) groups is 1. The van der Waals surface area contributed by atoms with Gasteiger partial charge < -0.3 is 15.5 Å². The Hall–Kier alpha value is -3.32. The van der Waals surface area contributed by atoms with Gasteiger partial charge in [0.2, 0.25) is 5.91 Å². The Balaban J connectivity index is 1.70. The molecule has 2 amide bonds. The lowest BCUT2D eigenvalue weighted by Gasteiger charge is -2.36. The zero-order valence-corrected chi connectivity index (χ0v) is 22.4. The van der Waals surface area contributed by atoms with Gasteiger partial charge in [-0.2, -0.15) is 0 Å². The first-order chi connectivity index (χ1) is 17.2. The summed E-state index contributed by atoms with van der Waals surface area (Å²) in [6.45, 7) is 11.0. The molecule has 6 nitrogen and oxygen atoms in total. The summed E-state index contributed by atoms with van der Waals surface area (Å²) in [7, 11) is 0. The van der Waals surface area contributed by atoms with Gasteiger partial charge in [-0.05, 0) is 47.4 Å². The van der Waals surface area contributed by atoms with Gasteiger partial charge in [0, 0.05) is 17.9 Å². The number of rotatable bonds is 8. The third kappa shape index (κ3) is 5.73. The van der Waals surface area contributed by atoms with Crippen LogP contribution >= 0.6 is 11.8 Å². The lowest BCUT2D eigenvalue weighted by molar-refractivity contribution is -0.120. The second kappa shape index (κ2) is 11.2. The number of hydrogen-bond donors (Lipinski definition) is 2. The van der Waals surface area contributed by atoms with Gasteiger partial charge in [0.05, 0.1) is 23.7 Å². The van der Waals surface area contributed by atoms with Crippen LogP contribution in [0.15, 0.2) is 82.0 Å². The van der Waals surface area contributed by atoms with Crippen molar-refractivity contribution in [1.29, 1.82) is 0 Å². The van der Waals surface area contributed by atoms with Crippen LogP contribution in [0, 0.1) is 5.92 Å². The summed E-state index contributed by atoms with van der Waals surface area (Å²) in [5.41, 5.74) is 5.05. The fourth-order valence-corrected chi connectivity index (χ4v) is 5.27. The van der Waals surface area contributed by atoms with Gasteiger partial charge in [-0.25, -0.2) is 4.99 Å². The Morgan fingerprint density at radius 3 is 2.36 bits per heavy atom. The SMILES string of the molecule is CC1=C(C(=O)Nc2ccccc2)[C@H](c2ccc(C(C)C)cc2)N2C(CC(=O)NCC(C)C)=CSC2=N1. The zero-order valence-electron chi connectivity index (χ0n) is 21.5. The molecule has 188 valence electrons. The largest absolute Gasteiger partial charge is 0.356 e. The van der Waals surface area contributed by atoms with E-state index in [0.29, 0.717) is 29.7 Å². The van der Waals surface area contributed by atoms with Crippen LogP contribution < -0.4 is 10.6 Å². The van der Waals surface area contributed by atoms with Crippen molar-refractivity contribution in [3.63, 3.8) is 0 Å². The van der Waals surface area contributed by atoms with Crippen molar-refractivity contribution >= 4 is 34.4 Å². The molecular formula is C29H34N4O2S. The van der Waals surface area contributed by atoms with Crippen LogP contribution in [-0.2, 0) is 9.59 Å². The number of nitrogens with zero attached hydrogens (tertiary/aromatic N) is 2. The predicted octanol–water partition coefficient (Wildman–Crippen LogP) is 6.19. The number of amides is 2. The summed E-state index contributed by atoms with van der Waals surface area (Å²) in [5.74, 6) is 0.550. The Morgan fingerprint density at radius 2 is 1.72 bits per heavy atom. The van der Waals surface area contributed by atoms with Gasteiger partial charge in [0.15, 0.2) is 5.17 Å². The van der Waals surface area contributed by atoms with E-state index in [1.807, 2.05) is 42.7 Å². The summed E-state index contributed by atoms with van der Waals surface area (Å²) >= 11 is 1.50. The Morgan fingerprint density at radius 1 is 1.03 bits per heavy atom. The number of anilines is 1. The smallest absolute Gasteiger partial charge is 0.255 e. The van der Waals surface area contributed by atoms with Crippen molar-refractivity contribution < 1.29 is 9.59 Å². The summed E-state index contributed by atoms with van der Waals surface area (Å²) in [6.07, 6.45) is 0.228. The second-order valence-corrected chi connectivity index (χ2v) is 10.7. The van der Waals surface area contributed by atoms with E-state index < -0.39 is 0 Å². The fourth-order valence-electron chi connectivity index (χ4n) is 4.30.